The lowest BCUT2D eigenvalue weighted by Gasteiger charge is -2.14. The van der Waals surface area contributed by atoms with Crippen LogP contribution in [0.25, 0.3) is 11.1 Å². The zero-order chi connectivity index (χ0) is 23.1. The van der Waals surface area contributed by atoms with Gasteiger partial charge in [0.2, 0.25) is 0 Å². The number of nitrogens with two attached hydrogens (primary N) is 1. The molecule has 0 saturated heterocycles. The normalized spacial score (nSPS) is 12.1. The summed E-state index contributed by atoms with van der Waals surface area (Å²) in [6.45, 7) is 5.31. The van der Waals surface area contributed by atoms with Crippen molar-refractivity contribution in [3.63, 3.8) is 0 Å². The number of nitrogens with one attached hydrogen (secondary N) is 1. The van der Waals surface area contributed by atoms with Gasteiger partial charge in [0.1, 0.15) is 0 Å². The van der Waals surface area contributed by atoms with Crippen molar-refractivity contribution in [1.29, 1.82) is 0 Å². The summed E-state index contributed by atoms with van der Waals surface area (Å²) in [5.41, 5.74) is 11.6. The molecule has 6 nitrogen and oxygen atoms in total. The topological polar surface area (TPSA) is 108 Å². The van der Waals surface area contributed by atoms with Crippen molar-refractivity contribution >= 4 is 11.7 Å². The molecule has 0 aliphatic rings. The molecule has 0 fully saturated rings. The van der Waals surface area contributed by atoms with Crippen molar-refractivity contribution in [1.82, 2.24) is 10.3 Å². The monoisotopic (exact) mass is 433 g/mol. The average molecular weight is 434 g/mol. The average Bonchev–Trinajstić information content (AvgIpc) is 2.76. The van der Waals surface area contributed by atoms with E-state index in [9.17, 15) is 15.0 Å². The standard InChI is InChI=1S/C26H31N3O3/c1-17(2)13-21-14-20(7-8-22(21)26(31)32)19-5-3-18(4-6-19)9-11-29-16-25(30)23-15-28-12-10-24(23)27/h3-8,10,12,14-15,17,25,29-30H,9,11,13,16H2,1-2H3,(H2,27,28)(H,31,32)/t25-/m0/s1. The third-order valence-electron chi connectivity index (χ3n) is 5.43. The minimum atomic E-state index is -0.883. The zero-order valence-corrected chi connectivity index (χ0v) is 18.6. The van der Waals surface area contributed by atoms with Gasteiger partial charge in [0.25, 0.3) is 0 Å². The van der Waals surface area contributed by atoms with E-state index in [2.05, 4.69) is 48.4 Å². The Kier molecular flexibility index (Phi) is 7.98. The second-order valence-electron chi connectivity index (χ2n) is 8.45. The second-order valence-corrected chi connectivity index (χ2v) is 8.45. The Labute approximate surface area is 189 Å². The number of benzene rings is 2. The maximum atomic E-state index is 11.5. The number of rotatable bonds is 10. The van der Waals surface area contributed by atoms with Gasteiger partial charge < -0.3 is 21.3 Å². The van der Waals surface area contributed by atoms with Crippen LogP contribution in [0.4, 0.5) is 5.69 Å². The van der Waals surface area contributed by atoms with Crippen molar-refractivity contribution in [2.45, 2.75) is 32.8 Å². The number of carboxylic acid groups (broad SMARTS) is 1. The molecule has 0 aliphatic carbocycles. The first-order valence-electron chi connectivity index (χ1n) is 10.9. The number of aromatic nitrogens is 1. The van der Waals surface area contributed by atoms with Crippen LogP contribution < -0.4 is 11.1 Å². The first-order chi connectivity index (χ1) is 15.3. The predicted molar refractivity (Wildman–Crippen MR) is 128 cm³/mol. The maximum Gasteiger partial charge on any atom is 0.335 e. The molecule has 5 N–H and O–H groups in total. The Morgan fingerprint density at radius 2 is 1.81 bits per heavy atom. The number of hydrogen-bond donors (Lipinski definition) is 4. The number of aromatic carboxylic acids is 1. The van der Waals surface area contributed by atoms with Gasteiger partial charge >= 0.3 is 5.97 Å². The highest BCUT2D eigenvalue weighted by molar-refractivity contribution is 5.90. The molecular formula is C26H31N3O3. The molecule has 0 spiro atoms. The van der Waals surface area contributed by atoms with Crippen LogP contribution in [0.15, 0.2) is 60.9 Å². The summed E-state index contributed by atoms with van der Waals surface area (Å²) < 4.78 is 0. The molecule has 0 bridgehead atoms. The smallest absolute Gasteiger partial charge is 0.335 e. The van der Waals surface area contributed by atoms with E-state index in [1.807, 2.05) is 12.1 Å². The number of anilines is 1. The number of pyridine rings is 1. The Bertz CT molecular complexity index is 1050. The van der Waals surface area contributed by atoms with Crippen molar-refractivity contribution in [2.24, 2.45) is 5.92 Å². The molecule has 0 aliphatic heterocycles. The molecule has 3 aromatic rings. The molecule has 6 heteroatoms. The maximum absolute atomic E-state index is 11.5. The summed E-state index contributed by atoms with van der Waals surface area (Å²) in [6.07, 6.45) is 4.06. The highest BCUT2D eigenvalue weighted by Gasteiger charge is 2.13. The lowest BCUT2D eigenvalue weighted by molar-refractivity contribution is 0.0695. The number of nitrogen functional groups attached to an aromatic ring is 1. The third kappa shape index (κ3) is 6.15. The Morgan fingerprint density at radius 1 is 1.09 bits per heavy atom. The number of aliphatic hydroxyl groups excluding tert-OH is 1. The number of aliphatic hydroxyl groups is 1. The summed E-state index contributed by atoms with van der Waals surface area (Å²) >= 11 is 0. The number of carboxylic acids is 1. The first kappa shape index (κ1) is 23.4. The SMILES string of the molecule is CC(C)Cc1cc(-c2ccc(CCNC[C@H](O)c3cnccc3N)cc2)ccc1C(=O)O. The van der Waals surface area contributed by atoms with E-state index in [0.717, 1.165) is 36.1 Å². The number of nitrogens with zero attached hydrogens (tertiary/aromatic N) is 1. The predicted octanol–water partition coefficient (Wildman–Crippen LogP) is 4.09. The van der Waals surface area contributed by atoms with E-state index >= 15 is 0 Å². The summed E-state index contributed by atoms with van der Waals surface area (Å²) in [4.78, 5) is 15.5. The first-order valence-corrected chi connectivity index (χ1v) is 10.9. The van der Waals surface area contributed by atoms with Crippen LogP contribution in [0.5, 0.6) is 0 Å². The molecule has 1 atom stereocenters. The van der Waals surface area contributed by atoms with E-state index in [4.69, 9.17) is 5.73 Å². The molecule has 2 aromatic carbocycles. The highest BCUT2D eigenvalue weighted by Crippen LogP contribution is 2.25. The Balaban J connectivity index is 1.58. The summed E-state index contributed by atoms with van der Waals surface area (Å²) in [6, 6.07) is 15.5. The molecule has 168 valence electrons. The van der Waals surface area contributed by atoms with E-state index < -0.39 is 12.1 Å². The summed E-state index contributed by atoms with van der Waals surface area (Å²) in [5.74, 6) is -0.502. The van der Waals surface area contributed by atoms with Gasteiger partial charge in [-0.15, -0.1) is 0 Å². The fraction of sp³-hybridized carbons (Fsp3) is 0.308. The van der Waals surface area contributed by atoms with Crippen molar-refractivity contribution in [3.8, 4) is 11.1 Å². The van der Waals surface area contributed by atoms with Gasteiger partial charge in [-0.25, -0.2) is 4.79 Å². The minimum Gasteiger partial charge on any atom is -0.478 e. The largest absolute Gasteiger partial charge is 0.478 e. The molecule has 32 heavy (non-hydrogen) atoms. The van der Waals surface area contributed by atoms with E-state index in [0.29, 0.717) is 29.3 Å². The summed E-state index contributed by atoms with van der Waals surface area (Å²) in [5, 5.41) is 23.0. The third-order valence-corrected chi connectivity index (χ3v) is 5.43. The lowest BCUT2D eigenvalue weighted by atomic mass is 9.93. The van der Waals surface area contributed by atoms with E-state index in [1.165, 1.54) is 5.56 Å². The van der Waals surface area contributed by atoms with Crippen LogP contribution in [0.2, 0.25) is 0 Å². The number of hydrogen-bond acceptors (Lipinski definition) is 5. The van der Waals surface area contributed by atoms with Crippen LogP contribution in [0.1, 0.15) is 47.0 Å². The molecule has 1 heterocycles. The molecule has 0 radical (unpaired) electrons. The van der Waals surface area contributed by atoms with Gasteiger partial charge in [0, 0.05) is 30.2 Å². The highest BCUT2D eigenvalue weighted by atomic mass is 16.4. The van der Waals surface area contributed by atoms with Crippen molar-refractivity contribution < 1.29 is 15.0 Å². The van der Waals surface area contributed by atoms with Crippen LogP contribution in [0, 0.1) is 5.92 Å². The van der Waals surface area contributed by atoms with Gasteiger partial charge in [0.15, 0.2) is 0 Å². The Morgan fingerprint density at radius 3 is 2.47 bits per heavy atom. The van der Waals surface area contributed by atoms with Crippen LogP contribution >= 0.6 is 0 Å². The molecule has 0 unspecified atom stereocenters. The van der Waals surface area contributed by atoms with Crippen LogP contribution in [-0.2, 0) is 12.8 Å². The van der Waals surface area contributed by atoms with Crippen molar-refractivity contribution in [2.75, 3.05) is 18.8 Å². The fourth-order valence-corrected chi connectivity index (χ4v) is 3.73. The van der Waals surface area contributed by atoms with E-state index in [-0.39, 0.29) is 0 Å². The second kappa shape index (κ2) is 10.9. The van der Waals surface area contributed by atoms with Gasteiger partial charge in [-0.05, 0) is 59.7 Å². The molecule has 1 aromatic heterocycles. The van der Waals surface area contributed by atoms with Gasteiger partial charge in [-0.1, -0.05) is 50.2 Å². The van der Waals surface area contributed by atoms with Gasteiger partial charge in [-0.3, -0.25) is 4.98 Å². The molecule has 0 saturated carbocycles. The Hall–Kier alpha value is -3.22. The number of carbonyl (C=O) groups is 1. The van der Waals surface area contributed by atoms with Crippen molar-refractivity contribution in [3.05, 3.63) is 83.2 Å². The minimum absolute atomic E-state index is 0.375. The van der Waals surface area contributed by atoms with Crippen LogP contribution in [-0.4, -0.2) is 34.3 Å². The van der Waals surface area contributed by atoms with Gasteiger partial charge in [-0.2, -0.15) is 0 Å². The molecule has 3 rings (SSSR count). The van der Waals surface area contributed by atoms with E-state index in [1.54, 1.807) is 24.5 Å². The van der Waals surface area contributed by atoms with Gasteiger partial charge in [0.05, 0.1) is 11.7 Å². The summed E-state index contributed by atoms with van der Waals surface area (Å²) in [7, 11) is 0. The lowest BCUT2D eigenvalue weighted by Crippen LogP contribution is -2.24. The quantitative estimate of drug-likeness (QED) is 0.359. The van der Waals surface area contributed by atoms with Crippen LogP contribution in [0.3, 0.4) is 0 Å². The molecule has 0 amide bonds. The zero-order valence-electron chi connectivity index (χ0n) is 18.6. The molecular weight excluding hydrogens is 402 g/mol. The fourth-order valence-electron chi connectivity index (χ4n) is 3.73.